The molecule has 2 atom stereocenters. The van der Waals surface area contributed by atoms with E-state index in [4.69, 9.17) is 5.73 Å². The van der Waals surface area contributed by atoms with Gasteiger partial charge in [0.25, 0.3) is 0 Å². The highest BCUT2D eigenvalue weighted by Gasteiger charge is 2.30. The molecule has 0 radical (unpaired) electrons. The van der Waals surface area contributed by atoms with Crippen molar-refractivity contribution in [2.24, 2.45) is 5.73 Å². The lowest BCUT2D eigenvalue weighted by Crippen LogP contribution is -2.51. The molecule has 0 unspecified atom stereocenters. The Morgan fingerprint density at radius 2 is 1.67 bits per heavy atom. The Balaban J connectivity index is 1.43. The van der Waals surface area contributed by atoms with Gasteiger partial charge >= 0.3 is 6.03 Å². The molecule has 0 aliphatic carbocycles. The molecular formula is C29H34N4O3. The number of rotatable bonds is 7. The standard InChI is InChI=1S/C29H34N4O3/c1-19-12-26(34)13-20(2)27(19)15-23(30)16-28(35)33-18-22-9-7-6-8-21(22)14-25(33)17-31-29(36)32-24-10-4-3-5-11-24/h3-13,23,25,34H,14-18,30H2,1-2H3,(H2,31,32,36)/t23-,25-/m0/s1. The van der Waals surface area contributed by atoms with Gasteiger partial charge in [-0.2, -0.15) is 0 Å². The third-order valence-electron chi connectivity index (χ3n) is 6.79. The molecule has 0 spiro atoms. The minimum absolute atomic E-state index is 0.0265. The fourth-order valence-electron chi connectivity index (χ4n) is 4.94. The molecule has 4 rings (SSSR count). The summed E-state index contributed by atoms with van der Waals surface area (Å²) in [6.45, 7) is 4.72. The zero-order valence-electron chi connectivity index (χ0n) is 20.8. The normalized spacial score (nSPS) is 15.6. The lowest BCUT2D eigenvalue weighted by molar-refractivity contribution is -0.135. The largest absolute Gasteiger partial charge is 0.508 e. The summed E-state index contributed by atoms with van der Waals surface area (Å²) < 4.78 is 0. The van der Waals surface area contributed by atoms with E-state index in [1.54, 1.807) is 12.1 Å². The third kappa shape index (κ3) is 6.23. The Hall–Kier alpha value is -3.84. The van der Waals surface area contributed by atoms with Crippen LogP contribution in [0.1, 0.15) is 34.2 Å². The van der Waals surface area contributed by atoms with Crippen LogP contribution >= 0.6 is 0 Å². The van der Waals surface area contributed by atoms with E-state index in [0.717, 1.165) is 22.3 Å². The second-order valence-electron chi connectivity index (χ2n) is 9.58. The van der Waals surface area contributed by atoms with Gasteiger partial charge in [-0.15, -0.1) is 0 Å². The maximum Gasteiger partial charge on any atom is 0.319 e. The summed E-state index contributed by atoms with van der Waals surface area (Å²) in [7, 11) is 0. The average Bonchev–Trinajstić information content (AvgIpc) is 2.85. The Labute approximate surface area is 212 Å². The molecule has 7 heteroatoms. The number of phenols is 1. The van der Waals surface area contributed by atoms with Gasteiger partial charge in [0.05, 0.1) is 6.04 Å². The van der Waals surface area contributed by atoms with E-state index in [9.17, 15) is 14.7 Å². The van der Waals surface area contributed by atoms with Crippen LogP contribution in [-0.4, -0.2) is 40.6 Å². The smallest absolute Gasteiger partial charge is 0.319 e. The minimum atomic E-state index is -0.355. The molecule has 3 aromatic rings. The molecule has 1 heterocycles. The first-order valence-corrected chi connectivity index (χ1v) is 12.3. The predicted octanol–water partition coefficient (Wildman–Crippen LogP) is 4.04. The Kier molecular flexibility index (Phi) is 7.90. The van der Waals surface area contributed by atoms with Crippen molar-refractivity contribution in [1.29, 1.82) is 0 Å². The number of aryl methyl sites for hydroxylation is 2. The van der Waals surface area contributed by atoms with E-state index in [0.29, 0.717) is 31.6 Å². The van der Waals surface area contributed by atoms with Crippen LogP contribution in [0, 0.1) is 13.8 Å². The summed E-state index contributed by atoms with van der Waals surface area (Å²) >= 11 is 0. The number of para-hydroxylation sites is 1. The molecule has 5 N–H and O–H groups in total. The quantitative estimate of drug-likeness (QED) is 0.404. The minimum Gasteiger partial charge on any atom is -0.508 e. The topological polar surface area (TPSA) is 108 Å². The summed E-state index contributed by atoms with van der Waals surface area (Å²) in [6.07, 6.45) is 1.42. The number of benzene rings is 3. The number of fused-ring (bicyclic) bond motifs is 1. The lowest BCUT2D eigenvalue weighted by Gasteiger charge is -2.37. The predicted molar refractivity (Wildman–Crippen MR) is 142 cm³/mol. The van der Waals surface area contributed by atoms with Crippen molar-refractivity contribution in [3.63, 3.8) is 0 Å². The Morgan fingerprint density at radius 1 is 1.03 bits per heavy atom. The molecule has 0 aromatic heterocycles. The number of amides is 3. The maximum absolute atomic E-state index is 13.5. The van der Waals surface area contributed by atoms with Crippen molar-refractivity contribution in [1.82, 2.24) is 10.2 Å². The average molecular weight is 487 g/mol. The summed E-state index contributed by atoms with van der Waals surface area (Å²) in [5.74, 6) is 0.207. The van der Waals surface area contributed by atoms with E-state index in [2.05, 4.69) is 16.7 Å². The monoisotopic (exact) mass is 486 g/mol. The van der Waals surface area contributed by atoms with Crippen molar-refractivity contribution < 1.29 is 14.7 Å². The molecule has 1 aliphatic heterocycles. The van der Waals surface area contributed by atoms with Crippen LogP contribution in [0.25, 0.3) is 0 Å². The molecule has 7 nitrogen and oxygen atoms in total. The van der Waals surface area contributed by atoms with Gasteiger partial charge in [0, 0.05) is 31.2 Å². The molecule has 0 saturated carbocycles. The molecule has 36 heavy (non-hydrogen) atoms. The van der Waals surface area contributed by atoms with Gasteiger partial charge in [0.2, 0.25) is 5.91 Å². The van der Waals surface area contributed by atoms with E-state index < -0.39 is 0 Å². The van der Waals surface area contributed by atoms with E-state index in [1.807, 2.05) is 67.3 Å². The van der Waals surface area contributed by atoms with Gasteiger partial charge in [-0.1, -0.05) is 42.5 Å². The van der Waals surface area contributed by atoms with Crippen LogP contribution in [0.5, 0.6) is 5.75 Å². The number of nitrogens with two attached hydrogens (primary N) is 1. The summed E-state index contributed by atoms with van der Waals surface area (Å²) in [5, 5.41) is 15.6. The third-order valence-corrected chi connectivity index (χ3v) is 6.79. The number of hydrogen-bond donors (Lipinski definition) is 4. The number of nitrogens with one attached hydrogen (secondary N) is 2. The second-order valence-corrected chi connectivity index (χ2v) is 9.58. The number of aromatic hydroxyl groups is 1. The van der Waals surface area contributed by atoms with Crippen molar-refractivity contribution in [2.45, 2.75) is 51.7 Å². The number of urea groups is 1. The van der Waals surface area contributed by atoms with Crippen LogP contribution in [-0.2, 0) is 24.2 Å². The fraction of sp³-hybridized carbons (Fsp3) is 0.310. The zero-order chi connectivity index (χ0) is 25.7. The highest BCUT2D eigenvalue weighted by atomic mass is 16.3. The fourth-order valence-corrected chi connectivity index (χ4v) is 4.94. The first-order chi connectivity index (χ1) is 17.3. The van der Waals surface area contributed by atoms with Gasteiger partial charge in [-0.05, 0) is 78.8 Å². The van der Waals surface area contributed by atoms with Crippen LogP contribution < -0.4 is 16.4 Å². The van der Waals surface area contributed by atoms with Gasteiger partial charge < -0.3 is 26.4 Å². The molecule has 0 fully saturated rings. The van der Waals surface area contributed by atoms with Crippen LogP contribution in [0.4, 0.5) is 10.5 Å². The molecule has 3 aromatic carbocycles. The molecule has 188 valence electrons. The summed E-state index contributed by atoms with van der Waals surface area (Å²) in [6, 6.07) is 20.0. The molecule has 0 saturated heterocycles. The van der Waals surface area contributed by atoms with E-state index in [-0.39, 0.29) is 36.2 Å². The molecule has 3 amide bonds. The first kappa shape index (κ1) is 25.3. The van der Waals surface area contributed by atoms with E-state index in [1.165, 1.54) is 5.56 Å². The summed E-state index contributed by atoms with van der Waals surface area (Å²) in [5.41, 5.74) is 12.5. The lowest BCUT2D eigenvalue weighted by atomic mass is 9.92. The van der Waals surface area contributed by atoms with Crippen molar-refractivity contribution in [3.8, 4) is 5.75 Å². The maximum atomic E-state index is 13.5. The molecule has 1 aliphatic rings. The van der Waals surface area contributed by atoms with Gasteiger partial charge in [-0.3, -0.25) is 4.79 Å². The van der Waals surface area contributed by atoms with Gasteiger partial charge in [-0.25, -0.2) is 4.79 Å². The van der Waals surface area contributed by atoms with Crippen LogP contribution in [0.2, 0.25) is 0 Å². The highest BCUT2D eigenvalue weighted by Crippen LogP contribution is 2.25. The van der Waals surface area contributed by atoms with Crippen molar-refractivity contribution in [2.75, 3.05) is 11.9 Å². The highest BCUT2D eigenvalue weighted by molar-refractivity contribution is 5.89. The zero-order valence-corrected chi connectivity index (χ0v) is 20.8. The number of hydrogen-bond acceptors (Lipinski definition) is 4. The number of anilines is 1. The van der Waals surface area contributed by atoms with Crippen LogP contribution in [0.3, 0.4) is 0 Å². The first-order valence-electron chi connectivity index (χ1n) is 12.3. The van der Waals surface area contributed by atoms with Crippen LogP contribution in [0.15, 0.2) is 66.7 Å². The number of phenolic OH excluding ortho intramolecular Hbond substituents is 1. The van der Waals surface area contributed by atoms with E-state index >= 15 is 0 Å². The number of carbonyl (C=O) groups is 2. The number of carbonyl (C=O) groups excluding carboxylic acids is 2. The Bertz CT molecular complexity index is 1210. The molecule has 0 bridgehead atoms. The van der Waals surface area contributed by atoms with Gasteiger partial charge in [0.1, 0.15) is 5.75 Å². The van der Waals surface area contributed by atoms with Crippen molar-refractivity contribution >= 4 is 17.6 Å². The summed E-state index contributed by atoms with van der Waals surface area (Å²) in [4.78, 5) is 27.8. The van der Waals surface area contributed by atoms with Gasteiger partial charge in [0.15, 0.2) is 0 Å². The van der Waals surface area contributed by atoms with Crippen molar-refractivity contribution in [3.05, 3.63) is 94.5 Å². The Morgan fingerprint density at radius 3 is 2.36 bits per heavy atom. The second kappa shape index (κ2) is 11.3. The SMILES string of the molecule is Cc1cc(O)cc(C)c1C[C@H](N)CC(=O)N1Cc2ccccc2C[C@H]1CNC(=O)Nc1ccccc1. The molecular weight excluding hydrogens is 452 g/mol. The number of nitrogens with zero attached hydrogens (tertiary/aromatic N) is 1.